The van der Waals surface area contributed by atoms with Gasteiger partial charge in [0.1, 0.15) is 12.4 Å². The SMILES string of the molecule is COCCOCCOC(=O)NC(C(=O)CC1Cc2ccnc(n2)CNC(=O)C1=O)C(C)C. The van der Waals surface area contributed by atoms with E-state index in [1.54, 1.807) is 33.2 Å². The predicted octanol–water partition coefficient (Wildman–Crippen LogP) is 0.207. The molecule has 2 rings (SSSR count). The number of carbonyl (C=O) groups is 4. The number of hydrogen-bond acceptors (Lipinski definition) is 9. The summed E-state index contributed by atoms with van der Waals surface area (Å²) in [6.45, 7) is 4.61. The number of aromatic nitrogens is 2. The van der Waals surface area contributed by atoms with Gasteiger partial charge >= 0.3 is 6.09 Å². The number of ketones is 2. The zero-order chi connectivity index (χ0) is 23.5. The zero-order valence-electron chi connectivity index (χ0n) is 18.6. The van der Waals surface area contributed by atoms with E-state index >= 15 is 0 Å². The maximum absolute atomic E-state index is 13.0. The Kier molecular flexibility index (Phi) is 10.2. The third kappa shape index (κ3) is 7.97. The number of Topliss-reactive ketones (excluding diaryl/α,β-unsaturated/α-hetero) is 2. The number of fused-ring (bicyclic) bond motifs is 2. The molecule has 2 atom stereocenters. The van der Waals surface area contributed by atoms with Crippen LogP contribution in [0.4, 0.5) is 4.79 Å². The fraction of sp³-hybridized carbons (Fsp3) is 0.619. The molecule has 0 radical (unpaired) electrons. The number of alkyl carbamates (subject to hydrolysis) is 1. The van der Waals surface area contributed by atoms with Crippen molar-refractivity contribution in [2.45, 2.75) is 39.3 Å². The van der Waals surface area contributed by atoms with Gasteiger partial charge in [0.25, 0.3) is 5.91 Å². The van der Waals surface area contributed by atoms with E-state index in [1.165, 1.54) is 0 Å². The number of ether oxygens (including phenoxy) is 3. The number of methoxy groups -OCH3 is 1. The molecule has 1 aromatic rings. The molecule has 0 saturated carbocycles. The first-order valence-electron chi connectivity index (χ1n) is 10.5. The minimum atomic E-state index is -0.892. The molecule has 0 aliphatic carbocycles. The minimum Gasteiger partial charge on any atom is -0.447 e. The van der Waals surface area contributed by atoms with Crippen molar-refractivity contribution in [1.29, 1.82) is 0 Å². The molecule has 11 nitrogen and oxygen atoms in total. The average Bonchev–Trinajstić information content (AvgIpc) is 2.79. The molecule has 0 aromatic carbocycles. The van der Waals surface area contributed by atoms with Crippen molar-refractivity contribution in [2.24, 2.45) is 11.8 Å². The summed E-state index contributed by atoms with van der Waals surface area (Å²) in [5.41, 5.74) is 0.569. The summed E-state index contributed by atoms with van der Waals surface area (Å²) in [6, 6.07) is 0.773. The van der Waals surface area contributed by atoms with E-state index in [1.807, 2.05) is 0 Å². The van der Waals surface area contributed by atoms with Crippen molar-refractivity contribution in [3.05, 3.63) is 23.8 Å². The Balaban J connectivity index is 1.97. The topological polar surface area (TPSA) is 146 Å². The summed E-state index contributed by atoms with van der Waals surface area (Å²) in [5.74, 6) is -2.59. The number of rotatable bonds is 11. The van der Waals surface area contributed by atoms with Crippen molar-refractivity contribution in [3.63, 3.8) is 0 Å². The van der Waals surface area contributed by atoms with Crippen molar-refractivity contribution >= 4 is 23.6 Å². The van der Waals surface area contributed by atoms with Gasteiger partial charge in [-0.1, -0.05) is 13.8 Å². The Labute approximate surface area is 186 Å². The van der Waals surface area contributed by atoms with E-state index in [9.17, 15) is 19.2 Å². The molecule has 2 bridgehead atoms. The molecule has 32 heavy (non-hydrogen) atoms. The molecule has 176 valence electrons. The van der Waals surface area contributed by atoms with Crippen LogP contribution in [0.1, 0.15) is 31.8 Å². The van der Waals surface area contributed by atoms with Crippen LogP contribution in [0.15, 0.2) is 12.3 Å². The van der Waals surface area contributed by atoms with Gasteiger partial charge in [-0.05, 0) is 12.0 Å². The van der Waals surface area contributed by atoms with Gasteiger partial charge in [0.2, 0.25) is 5.78 Å². The highest BCUT2D eigenvalue weighted by atomic mass is 16.6. The molecule has 1 aromatic heterocycles. The number of nitrogens with one attached hydrogen (secondary N) is 2. The molecule has 1 aliphatic heterocycles. The lowest BCUT2D eigenvalue weighted by Gasteiger charge is -2.23. The summed E-state index contributed by atoms with van der Waals surface area (Å²) in [5, 5.41) is 5.03. The van der Waals surface area contributed by atoms with Gasteiger partial charge in [-0.2, -0.15) is 0 Å². The third-order valence-corrected chi connectivity index (χ3v) is 4.85. The van der Waals surface area contributed by atoms with E-state index in [2.05, 4.69) is 20.6 Å². The fourth-order valence-corrected chi connectivity index (χ4v) is 3.18. The molecule has 0 fully saturated rings. The molecule has 2 unspecified atom stereocenters. The lowest BCUT2D eigenvalue weighted by molar-refractivity contribution is -0.141. The second-order valence-corrected chi connectivity index (χ2v) is 7.69. The van der Waals surface area contributed by atoms with Crippen LogP contribution < -0.4 is 10.6 Å². The van der Waals surface area contributed by atoms with Gasteiger partial charge < -0.3 is 24.8 Å². The van der Waals surface area contributed by atoms with Gasteiger partial charge in [-0.3, -0.25) is 14.4 Å². The molecule has 2 amide bonds. The average molecular weight is 450 g/mol. The van der Waals surface area contributed by atoms with E-state index in [0.29, 0.717) is 24.7 Å². The van der Waals surface area contributed by atoms with Gasteiger partial charge in [-0.25, -0.2) is 14.8 Å². The first-order chi connectivity index (χ1) is 15.3. The predicted molar refractivity (Wildman–Crippen MR) is 112 cm³/mol. The second kappa shape index (κ2) is 12.8. The maximum atomic E-state index is 13.0. The summed E-state index contributed by atoms with van der Waals surface area (Å²) in [6.07, 6.45) is 0.703. The van der Waals surface area contributed by atoms with Gasteiger partial charge in [0, 0.05) is 37.8 Å². The quantitative estimate of drug-likeness (QED) is 0.357. The summed E-state index contributed by atoms with van der Waals surface area (Å²) >= 11 is 0. The van der Waals surface area contributed by atoms with Crippen molar-refractivity contribution in [2.75, 3.05) is 33.5 Å². The first kappa shape index (κ1) is 25.3. The Bertz CT molecular complexity index is 815. The van der Waals surface area contributed by atoms with E-state index in [0.717, 1.165) is 0 Å². The molecular formula is C21H30N4O7. The van der Waals surface area contributed by atoms with E-state index in [4.69, 9.17) is 14.2 Å². The Morgan fingerprint density at radius 3 is 2.69 bits per heavy atom. The lowest BCUT2D eigenvalue weighted by atomic mass is 9.87. The summed E-state index contributed by atoms with van der Waals surface area (Å²) < 4.78 is 15.1. The van der Waals surface area contributed by atoms with Crippen molar-refractivity contribution in [1.82, 2.24) is 20.6 Å². The second-order valence-electron chi connectivity index (χ2n) is 7.69. The Morgan fingerprint density at radius 1 is 1.22 bits per heavy atom. The van der Waals surface area contributed by atoms with Crippen molar-refractivity contribution < 1.29 is 33.4 Å². The van der Waals surface area contributed by atoms with Crippen LogP contribution in [0.5, 0.6) is 0 Å². The molecule has 2 heterocycles. The summed E-state index contributed by atoms with van der Waals surface area (Å²) in [7, 11) is 1.55. The highest BCUT2D eigenvalue weighted by Gasteiger charge is 2.33. The van der Waals surface area contributed by atoms with Gasteiger partial charge in [-0.15, -0.1) is 0 Å². The molecule has 0 spiro atoms. The monoisotopic (exact) mass is 450 g/mol. The normalized spacial score (nSPS) is 17.1. The molecule has 2 N–H and O–H groups in total. The smallest absolute Gasteiger partial charge is 0.407 e. The Morgan fingerprint density at radius 2 is 1.97 bits per heavy atom. The first-order valence-corrected chi connectivity index (χ1v) is 10.5. The Hall–Kier alpha value is -2.92. The van der Waals surface area contributed by atoms with Crippen molar-refractivity contribution in [3.8, 4) is 0 Å². The molecular weight excluding hydrogens is 420 g/mol. The van der Waals surface area contributed by atoms with E-state index < -0.39 is 29.7 Å². The number of carbonyl (C=O) groups excluding carboxylic acids is 4. The zero-order valence-corrected chi connectivity index (χ0v) is 18.6. The standard InChI is InChI=1S/C21H30N4O7/c1-13(2)18(25-21(29)32-9-8-31-7-6-30-3)16(26)11-14-10-15-4-5-22-17(24-15)12-23-20(28)19(14)27/h4-5,13-14,18H,6-12H2,1-3H3,(H,23,28)(H,25,29). The summed E-state index contributed by atoms with van der Waals surface area (Å²) in [4.78, 5) is 58.2. The highest BCUT2D eigenvalue weighted by molar-refractivity contribution is 6.37. The maximum Gasteiger partial charge on any atom is 0.407 e. The lowest BCUT2D eigenvalue weighted by Crippen LogP contribution is -2.46. The molecule has 0 saturated heterocycles. The van der Waals surface area contributed by atoms with Crippen LogP contribution in [-0.2, 0) is 41.6 Å². The number of nitrogens with zero attached hydrogens (tertiary/aromatic N) is 2. The molecule has 1 aliphatic rings. The van der Waals surface area contributed by atoms with Gasteiger partial charge in [0.15, 0.2) is 5.78 Å². The number of hydrogen-bond donors (Lipinski definition) is 2. The van der Waals surface area contributed by atoms with Crippen LogP contribution in [0, 0.1) is 11.8 Å². The fourth-order valence-electron chi connectivity index (χ4n) is 3.18. The minimum absolute atomic E-state index is 0.0197. The largest absolute Gasteiger partial charge is 0.447 e. The highest BCUT2D eigenvalue weighted by Crippen LogP contribution is 2.18. The van der Waals surface area contributed by atoms with E-state index in [-0.39, 0.29) is 44.3 Å². The molecule has 11 heteroatoms. The van der Waals surface area contributed by atoms with Gasteiger partial charge in [0.05, 0.1) is 32.4 Å². The van der Waals surface area contributed by atoms with Crippen LogP contribution in [-0.4, -0.2) is 73.1 Å². The number of amides is 2. The third-order valence-electron chi connectivity index (χ3n) is 4.85. The van der Waals surface area contributed by atoms with Crippen LogP contribution in [0.25, 0.3) is 0 Å². The van der Waals surface area contributed by atoms with Crippen LogP contribution in [0.3, 0.4) is 0 Å². The van der Waals surface area contributed by atoms with Crippen LogP contribution >= 0.6 is 0 Å². The van der Waals surface area contributed by atoms with Crippen LogP contribution in [0.2, 0.25) is 0 Å².